The minimum atomic E-state index is -0.298. The summed E-state index contributed by atoms with van der Waals surface area (Å²) in [4.78, 5) is 24.7. The molecule has 0 saturated carbocycles. The zero-order valence-corrected chi connectivity index (χ0v) is 16.2. The van der Waals surface area contributed by atoms with Gasteiger partial charge in [-0.1, -0.05) is 17.8 Å². The van der Waals surface area contributed by atoms with Gasteiger partial charge in [0.25, 0.3) is 5.91 Å². The van der Waals surface area contributed by atoms with Crippen LogP contribution < -0.4 is 20.1 Å². The molecule has 0 spiro atoms. The van der Waals surface area contributed by atoms with Gasteiger partial charge in [0.1, 0.15) is 6.33 Å². The van der Waals surface area contributed by atoms with E-state index < -0.39 is 0 Å². The van der Waals surface area contributed by atoms with Crippen LogP contribution in [0, 0.1) is 0 Å². The summed E-state index contributed by atoms with van der Waals surface area (Å²) < 4.78 is 12.3. The molecule has 4 rings (SSSR count). The van der Waals surface area contributed by atoms with Crippen LogP contribution in [-0.2, 0) is 11.8 Å². The van der Waals surface area contributed by atoms with Gasteiger partial charge in [-0.05, 0) is 30.3 Å². The van der Waals surface area contributed by atoms with Crippen LogP contribution in [0.4, 0.5) is 11.4 Å². The molecule has 1 aliphatic heterocycles. The normalized spacial score (nSPS) is 11.9. The molecule has 10 heteroatoms. The smallest absolute Gasteiger partial charge is 0.255 e. The maximum atomic E-state index is 12.6. The number of amides is 2. The Morgan fingerprint density at radius 1 is 1.10 bits per heavy atom. The zero-order valence-electron chi connectivity index (χ0n) is 15.4. The van der Waals surface area contributed by atoms with E-state index in [1.165, 1.54) is 11.8 Å². The van der Waals surface area contributed by atoms with Crippen LogP contribution in [0.25, 0.3) is 0 Å². The SMILES string of the molecule is Cn1cnnc1SCC(=O)Nc1cccc(C(=O)Nc2ccc3c(c2)OCO3)c1. The zero-order chi connectivity index (χ0) is 20.2. The first-order valence-corrected chi connectivity index (χ1v) is 9.65. The number of nitrogens with zero attached hydrogens (tertiary/aromatic N) is 3. The first kappa shape index (κ1) is 18.8. The van der Waals surface area contributed by atoms with Crippen molar-refractivity contribution in [1.29, 1.82) is 0 Å². The van der Waals surface area contributed by atoms with Gasteiger partial charge in [0.2, 0.25) is 12.7 Å². The average molecular weight is 411 g/mol. The number of ether oxygens (including phenoxy) is 2. The Morgan fingerprint density at radius 2 is 1.93 bits per heavy atom. The molecule has 0 aliphatic carbocycles. The van der Waals surface area contributed by atoms with Crippen molar-refractivity contribution in [3.8, 4) is 11.5 Å². The van der Waals surface area contributed by atoms with Crippen molar-refractivity contribution in [2.75, 3.05) is 23.2 Å². The van der Waals surface area contributed by atoms with Gasteiger partial charge in [0.15, 0.2) is 16.7 Å². The quantitative estimate of drug-likeness (QED) is 0.600. The number of fused-ring (bicyclic) bond motifs is 1. The standard InChI is InChI=1S/C19H17N5O4S/c1-24-10-20-23-19(24)29-9-17(25)21-13-4-2-3-12(7-13)18(26)22-14-5-6-15-16(8-14)28-11-27-15/h2-8,10H,9,11H2,1H3,(H,21,25)(H,22,26). The first-order chi connectivity index (χ1) is 14.1. The summed E-state index contributed by atoms with van der Waals surface area (Å²) in [7, 11) is 1.81. The third kappa shape index (κ3) is 4.49. The molecule has 2 aromatic carbocycles. The van der Waals surface area contributed by atoms with Gasteiger partial charge in [0.05, 0.1) is 5.75 Å². The monoisotopic (exact) mass is 411 g/mol. The minimum absolute atomic E-state index is 0.170. The number of hydrogen-bond acceptors (Lipinski definition) is 7. The molecule has 0 radical (unpaired) electrons. The highest BCUT2D eigenvalue weighted by Gasteiger charge is 2.15. The Morgan fingerprint density at radius 3 is 2.76 bits per heavy atom. The van der Waals surface area contributed by atoms with Gasteiger partial charge >= 0.3 is 0 Å². The van der Waals surface area contributed by atoms with Crippen molar-refractivity contribution >= 4 is 35.0 Å². The van der Waals surface area contributed by atoms with E-state index >= 15 is 0 Å². The van der Waals surface area contributed by atoms with Gasteiger partial charge in [-0.3, -0.25) is 9.59 Å². The lowest BCUT2D eigenvalue weighted by atomic mass is 10.1. The Balaban J connectivity index is 1.37. The molecule has 148 valence electrons. The van der Waals surface area contributed by atoms with Crippen molar-refractivity contribution in [3.05, 3.63) is 54.4 Å². The van der Waals surface area contributed by atoms with Crippen LogP contribution in [0.5, 0.6) is 11.5 Å². The van der Waals surface area contributed by atoms with Crippen molar-refractivity contribution in [3.63, 3.8) is 0 Å². The molecule has 29 heavy (non-hydrogen) atoms. The van der Waals surface area contributed by atoms with Crippen molar-refractivity contribution < 1.29 is 19.1 Å². The fourth-order valence-electron chi connectivity index (χ4n) is 2.65. The predicted octanol–water partition coefficient (Wildman–Crippen LogP) is 2.53. The number of aryl methyl sites for hydroxylation is 1. The second kappa shape index (κ2) is 8.23. The number of nitrogens with one attached hydrogen (secondary N) is 2. The minimum Gasteiger partial charge on any atom is -0.454 e. The van der Waals surface area contributed by atoms with E-state index in [2.05, 4.69) is 20.8 Å². The Labute approximate surface area is 170 Å². The van der Waals surface area contributed by atoms with Gasteiger partial charge in [0, 0.05) is 30.1 Å². The molecule has 3 aromatic rings. The van der Waals surface area contributed by atoms with Crippen LogP contribution in [0.15, 0.2) is 53.9 Å². The summed E-state index contributed by atoms with van der Waals surface area (Å²) in [5, 5.41) is 13.9. The highest BCUT2D eigenvalue weighted by Crippen LogP contribution is 2.34. The van der Waals surface area contributed by atoms with E-state index in [-0.39, 0.29) is 24.4 Å². The average Bonchev–Trinajstić information content (AvgIpc) is 3.34. The molecule has 1 aromatic heterocycles. The number of rotatable bonds is 6. The first-order valence-electron chi connectivity index (χ1n) is 8.66. The number of anilines is 2. The lowest BCUT2D eigenvalue weighted by Crippen LogP contribution is -2.16. The highest BCUT2D eigenvalue weighted by molar-refractivity contribution is 7.99. The van der Waals surface area contributed by atoms with Crippen LogP contribution in [0.1, 0.15) is 10.4 Å². The lowest BCUT2D eigenvalue weighted by Gasteiger charge is -2.09. The third-order valence-corrected chi connectivity index (χ3v) is 5.08. The van der Waals surface area contributed by atoms with E-state index in [1.54, 1.807) is 53.4 Å². The van der Waals surface area contributed by atoms with Crippen molar-refractivity contribution in [1.82, 2.24) is 14.8 Å². The summed E-state index contributed by atoms with van der Waals surface area (Å²) in [6.45, 7) is 0.170. The maximum Gasteiger partial charge on any atom is 0.255 e. The fourth-order valence-corrected chi connectivity index (χ4v) is 3.33. The Hall–Kier alpha value is -3.53. The van der Waals surface area contributed by atoms with E-state index in [1.807, 2.05) is 7.05 Å². The molecular formula is C19H17N5O4S. The molecule has 9 nitrogen and oxygen atoms in total. The summed E-state index contributed by atoms with van der Waals surface area (Å²) in [5.74, 6) is 0.913. The molecule has 2 N–H and O–H groups in total. The number of aromatic nitrogens is 3. The van der Waals surface area contributed by atoms with E-state index in [0.717, 1.165) is 0 Å². The maximum absolute atomic E-state index is 12.6. The number of benzene rings is 2. The molecule has 2 amide bonds. The Kier molecular flexibility index (Phi) is 5.34. The number of thioether (sulfide) groups is 1. The molecule has 0 bridgehead atoms. The van der Waals surface area contributed by atoms with Crippen LogP contribution in [0.3, 0.4) is 0 Å². The summed E-state index contributed by atoms with van der Waals surface area (Å²) in [6, 6.07) is 11.9. The summed E-state index contributed by atoms with van der Waals surface area (Å²) >= 11 is 1.28. The lowest BCUT2D eigenvalue weighted by molar-refractivity contribution is -0.113. The van der Waals surface area contributed by atoms with Gasteiger partial charge < -0.3 is 24.7 Å². The van der Waals surface area contributed by atoms with Crippen LogP contribution in [0.2, 0.25) is 0 Å². The van der Waals surface area contributed by atoms with E-state index in [0.29, 0.717) is 33.6 Å². The van der Waals surface area contributed by atoms with E-state index in [4.69, 9.17) is 9.47 Å². The second-order valence-corrected chi connectivity index (χ2v) is 7.11. The summed E-state index contributed by atoms with van der Waals surface area (Å²) in [6.07, 6.45) is 1.57. The molecule has 0 unspecified atom stereocenters. The van der Waals surface area contributed by atoms with Crippen LogP contribution >= 0.6 is 11.8 Å². The molecule has 0 atom stereocenters. The van der Waals surface area contributed by atoms with Crippen molar-refractivity contribution in [2.45, 2.75) is 5.16 Å². The number of carbonyl (C=O) groups excluding carboxylic acids is 2. The third-order valence-electron chi connectivity index (χ3n) is 4.04. The Bertz CT molecular complexity index is 1070. The molecule has 2 heterocycles. The van der Waals surface area contributed by atoms with Crippen molar-refractivity contribution in [2.24, 2.45) is 7.05 Å². The molecular weight excluding hydrogens is 394 g/mol. The van der Waals surface area contributed by atoms with Gasteiger partial charge in [-0.15, -0.1) is 10.2 Å². The molecule has 1 aliphatic rings. The molecule has 0 saturated heterocycles. The van der Waals surface area contributed by atoms with Crippen LogP contribution in [-0.4, -0.2) is 39.1 Å². The van der Waals surface area contributed by atoms with Gasteiger partial charge in [-0.25, -0.2) is 0 Å². The highest BCUT2D eigenvalue weighted by atomic mass is 32.2. The number of carbonyl (C=O) groups is 2. The largest absolute Gasteiger partial charge is 0.454 e. The fraction of sp³-hybridized carbons (Fsp3) is 0.158. The second-order valence-electron chi connectivity index (χ2n) is 6.16. The molecule has 0 fully saturated rings. The topological polar surface area (TPSA) is 107 Å². The van der Waals surface area contributed by atoms with Gasteiger partial charge in [-0.2, -0.15) is 0 Å². The van der Waals surface area contributed by atoms with E-state index in [9.17, 15) is 9.59 Å². The summed E-state index contributed by atoms with van der Waals surface area (Å²) in [5.41, 5.74) is 1.54. The number of hydrogen-bond donors (Lipinski definition) is 2. The predicted molar refractivity (Wildman–Crippen MR) is 107 cm³/mol.